The minimum Gasteiger partial charge on any atom is -0.488 e. The van der Waals surface area contributed by atoms with E-state index in [-0.39, 0.29) is 11.4 Å². The lowest BCUT2D eigenvalue weighted by molar-refractivity contribution is 0.306. The number of nitrogens with zero attached hydrogens (tertiary/aromatic N) is 4. The molecule has 0 bridgehead atoms. The normalized spacial score (nSPS) is 11.5. The lowest BCUT2D eigenvalue weighted by Crippen LogP contribution is -2.20. The maximum atomic E-state index is 13.7. The molecule has 204 valence electrons. The monoisotopic (exact) mass is 582 g/mol. The van der Waals surface area contributed by atoms with Crippen LogP contribution >= 0.6 is 23.2 Å². The van der Waals surface area contributed by atoms with E-state index in [1.54, 1.807) is 48.7 Å². The number of furan rings is 1. The SMILES string of the molecule is CN(C)c1ccc(C=Nn2c(-c3cc4cc(Cl)ccc4o3)nc3ccccc3c2=O)c(OCc2ccc(Cl)cc2)c1. The summed E-state index contributed by atoms with van der Waals surface area (Å²) in [6.45, 7) is 0.333. The number of anilines is 1. The van der Waals surface area contributed by atoms with Crippen molar-refractivity contribution in [3.8, 4) is 17.3 Å². The third-order valence-electron chi connectivity index (χ3n) is 6.59. The van der Waals surface area contributed by atoms with Crippen molar-refractivity contribution in [3.05, 3.63) is 123 Å². The van der Waals surface area contributed by atoms with Gasteiger partial charge < -0.3 is 14.1 Å². The summed E-state index contributed by atoms with van der Waals surface area (Å²) in [5, 5.41) is 7.09. The van der Waals surface area contributed by atoms with Crippen molar-refractivity contribution in [3.63, 3.8) is 0 Å². The number of aromatic nitrogens is 2. The minimum absolute atomic E-state index is 0.269. The van der Waals surface area contributed by atoms with Crippen molar-refractivity contribution >= 4 is 57.0 Å². The fourth-order valence-electron chi connectivity index (χ4n) is 4.41. The Bertz CT molecular complexity index is 1980. The average molecular weight is 583 g/mol. The predicted octanol–water partition coefficient (Wildman–Crippen LogP) is 7.64. The third-order valence-corrected chi connectivity index (χ3v) is 7.07. The fourth-order valence-corrected chi connectivity index (χ4v) is 4.72. The van der Waals surface area contributed by atoms with Crippen LogP contribution in [0.15, 0.2) is 105 Å². The molecule has 6 aromatic rings. The maximum Gasteiger partial charge on any atom is 0.282 e. The Morgan fingerprint density at radius 2 is 1.73 bits per heavy atom. The van der Waals surface area contributed by atoms with Crippen LogP contribution in [0.3, 0.4) is 0 Å². The molecule has 2 aromatic heterocycles. The summed E-state index contributed by atoms with van der Waals surface area (Å²) in [5.74, 6) is 1.27. The molecule has 41 heavy (non-hydrogen) atoms. The molecule has 0 radical (unpaired) electrons. The van der Waals surface area contributed by atoms with E-state index in [0.29, 0.717) is 50.2 Å². The average Bonchev–Trinajstić information content (AvgIpc) is 3.39. The largest absolute Gasteiger partial charge is 0.488 e. The number of ether oxygens (including phenoxy) is 1. The zero-order chi connectivity index (χ0) is 28.5. The fraction of sp³-hybridized carbons (Fsp3) is 0.0938. The van der Waals surface area contributed by atoms with Crippen LogP contribution in [0.25, 0.3) is 33.5 Å². The van der Waals surface area contributed by atoms with Gasteiger partial charge in [0.2, 0.25) is 5.82 Å². The van der Waals surface area contributed by atoms with E-state index in [2.05, 4.69) is 5.10 Å². The summed E-state index contributed by atoms with van der Waals surface area (Å²) < 4.78 is 13.5. The van der Waals surface area contributed by atoms with E-state index >= 15 is 0 Å². The van der Waals surface area contributed by atoms with Crippen LogP contribution in [0, 0.1) is 0 Å². The zero-order valence-electron chi connectivity index (χ0n) is 22.2. The molecular formula is C32H24Cl2N4O3. The van der Waals surface area contributed by atoms with Gasteiger partial charge in [0.15, 0.2) is 5.76 Å². The molecule has 2 heterocycles. The molecule has 0 aliphatic heterocycles. The second kappa shape index (κ2) is 11.1. The van der Waals surface area contributed by atoms with Crippen LogP contribution in [0.5, 0.6) is 5.75 Å². The van der Waals surface area contributed by atoms with Crippen LogP contribution in [0.4, 0.5) is 5.69 Å². The Balaban J connectivity index is 1.44. The van der Waals surface area contributed by atoms with Crippen LogP contribution in [0.2, 0.25) is 10.0 Å². The topological polar surface area (TPSA) is 72.9 Å². The summed E-state index contributed by atoms with van der Waals surface area (Å²) in [5.41, 5.74) is 3.45. The zero-order valence-corrected chi connectivity index (χ0v) is 23.7. The highest BCUT2D eigenvalue weighted by molar-refractivity contribution is 6.31. The Hall–Kier alpha value is -4.59. The van der Waals surface area contributed by atoms with Crippen LogP contribution in [-0.2, 0) is 6.61 Å². The van der Waals surface area contributed by atoms with Gasteiger partial charge in [-0.25, -0.2) is 4.98 Å². The summed E-state index contributed by atoms with van der Waals surface area (Å²) in [4.78, 5) is 20.4. The molecule has 0 spiro atoms. The van der Waals surface area contributed by atoms with E-state index in [9.17, 15) is 4.79 Å². The molecule has 0 unspecified atom stereocenters. The first kappa shape index (κ1) is 26.6. The maximum absolute atomic E-state index is 13.7. The van der Waals surface area contributed by atoms with E-state index in [0.717, 1.165) is 16.6 Å². The molecule has 7 nitrogen and oxygen atoms in total. The molecule has 0 amide bonds. The van der Waals surface area contributed by atoms with Gasteiger partial charge in [-0.1, -0.05) is 47.5 Å². The van der Waals surface area contributed by atoms with Crippen molar-refractivity contribution in [2.75, 3.05) is 19.0 Å². The summed E-state index contributed by atoms with van der Waals surface area (Å²) in [6, 6.07) is 27.6. The number of fused-ring (bicyclic) bond motifs is 2. The lowest BCUT2D eigenvalue weighted by atomic mass is 10.2. The Morgan fingerprint density at radius 1 is 0.951 bits per heavy atom. The smallest absolute Gasteiger partial charge is 0.282 e. The minimum atomic E-state index is -0.325. The quantitative estimate of drug-likeness (QED) is 0.181. The number of hydrogen-bond donors (Lipinski definition) is 0. The first-order chi connectivity index (χ1) is 19.9. The van der Waals surface area contributed by atoms with Crippen molar-refractivity contribution in [2.24, 2.45) is 5.10 Å². The first-order valence-corrected chi connectivity index (χ1v) is 13.6. The van der Waals surface area contributed by atoms with Gasteiger partial charge in [-0.15, -0.1) is 0 Å². The van der Waals surface area contributed by atoms with Gasteiger partial charge in [-0.2, -0.15) is 9.78 Å². The van der Waals surface area contributed by atoms with Crippen LogP contribution in [0.1, 0.15) is 11.1 Å². The summed E-state index contributed by atoms with van der Waals surface area (Å²) >= 11 is 12.2. The second-order valence-corrected chi connectivity index (χ2v) is 10.5. The first-order valence-electron chi connectivity index (χ1n) is 12.8. The molecule has 6 rings (SSSR count). The third kappa shape index (κ3) is 5.55. The van der Waals surface area contributed by atoms with Crippen molar-refractivity contribution in [1.29, 1.82) is 0 Å². The van der Waals surface area contributed by atoms with E-state index < -0.39 is 0 Å². The van der Waals surface area contributed by atoms with E-state index in [1.807, 2.05) is 67.5 Å². The highest BCUT2D eigenvalue weighted by atomic mass is 35.5. The molecule has 0 aliphatic carbocycles. The van der Waals surface area contributed by atoms with Crippen molar-refractivity contribution < 1.29 is 9.15 Å². The highest BCUT2D eigenvalue weighted by Crippen LogP contribution is 2.30. The van der Waals surface area contributed by atoms with Crippen LogP contribution < -0.4 is 15.2 Å². The molecule has 0 saturated heterocycles. The molecule has 0 fully saturated rings. The number of benzene rings is 4. The van der Waals surface area contributed by atoms with Gasteiger partial charge in [-0.05, 0) is 66.2 Å². The standard InChI is InChI=1S/C32H24Cl2N4O3/c1-37(2)25-13-9-21(29(17-25)40-19-20-7-10-23(33)11-8-20)18-35-38-31(36-27-6-4-3-5-26(27)32(38)39)30-16-22-15-24(34)12-14-28(22)41-30/h3-18H,19H2,1-2H3. The molecule has 4 aromatic carbocycles. The van der Waals surface area contributed by atoms with E-state index in [4.69, 9.17) is 37.3 Å². The molecular weight excluding hydrogens is 559 g/mol. The second-order valence-electron chi connectivity index (χ2n) is 9.64. The molecule has 9 heteroatoms. The van der Waals surface area contributed by atoms with Crippen LogP contribution in [-0.4, -0.2) is 30.0 Å². The number of halogens is 2. The molecule has 0 saturated carbocycles. The lowest BCUT2D eigenvalue weighted by Gasteiger charge is -2.16. The predicted molar refractivity (Wildman–Crippen MR) is 166 cm³/mol. The van der Waals surface area contributed by atoms with Gasteiger partial charge >= 0.3 is 0 Å². The highest BCUT2D eigenvalue weighted by Gasteiger charge is 2.17. The van der Waals surface area contributed by atoms with Crippen molar-refractivity contribution in [2.45, 2.75) is 6.61 Å². The molecule has 0 aliphatic rings. The summed E-state index contributed by atoms with van der Waals surface area (Å²) in [6.07, 6.45) is 1.59. The van der Waals surface area contributed by atoms with Crippen molar-refractivity contribution in [1.82, 2.24) is 9.66 Å². The van der Waals surface area contributed by atoms with Gasteiger partial charge in [0, 0.05) is 46.8 Å². The van der Waals surface area contributed by atoms with Gasteiger partial charge in [0.25, 0.3) is 5.56 Å². The Morgan fingerprint density at radius 3 is 2.54 bits per heavy atom. The van der Waals surface area contributed by atoms with E-state index in [1.165, 1.54) is 4.68 Å². The number of rotatable bonds is 7. The van der Waals surface area contributed by atoms with Gasteiger partial charge in [-0.3, -0.25) is 4.79 Å². The Labute approximate surface area is 245 Å². The summed E-state index contributed by atoms with van der Waals surface area (Å²) in [7, 11) is 3.92. The molecule has 0 N–H and O–H groups in total. The Kier molecular flexibility index (Phi) is 7.22. The molecule has 0 atom stereocenters. The number of para-hydroxylation sites is 1. The van der Waals surface area contributed by atoms with Gasteiger partial charge in [0.1, 0.15) is 17.9 Å². The van der Waals surface area contributed by atoms with Gasteiger partial charge in [0.05, 0.1) is 17.1 Å². The number of hydrogen-bond acceptors (Lipinski definition) is 6.